The average Bonchev–Trinajstić information content (AvgIpc) is 2.72. The summed E-state index contributed by atoms with van der Waals surface area (Å²) in [7, 11) is 0. The third kappa shape index (κ3) is 2.36. The van der Waals surface area contributed by atoms with Crippen molar-refractivity contribution >= 4 is 17.2 Å². The second kappa shape index (κ2) is 4.57. The number of hydrogen-bond acceptors (Lipinski definition) is 4. The SMILES string of the molecule is CC(COc1ccc2c(c1)OCO2)C(N)=S. The van der Waals surface area contributed by atoms with Crippen LogP contribution in [-0.4, -0.2) is 18.4 Å². The van der Waals surface area contributed by atoms with Crippen molar-refractivity contribution in [3.63, 3.8) is 0 Å². The number of thiocarbonyl (C=S) groups is 1. The second-order valence-electron chi connectivity index (χ2n) is 3.63. The molecule has 0 aromatic heterocycles. The molecule has 0 bridgehead atoms. The molecule has 0 saturated carbocycles. The summed E-state index contributed by atoms with van der Waals surface area (Å²) in [4.78, 5) is 0.459. The fourth-order valence-electron chi connectivity index (χ4n) is 1.27. The Morgan fingerprint density at radius 1 is 1.50 bits per heavy atom. The maximum Gasteiger partial charge on any atom is 0.231 e. The minimum absolute atomic E-state index is 0.0559. The van der Waals surface area contributed by atoms with Gasteiger partial charge in [-0.2, -0.15) is 0 Å². The van der Waals surface area contributed by atoms with E-state index in [4.69, 9.17) is 32.2 Å². The molecule has 1 unspecified atom stereocenters. The van der Waals surface area contributed by atoms with E-state index in [2.05, 4.69) is 0 Å². The van der Waals surface area contributed by atoms with Gasteiger partial charge in [-0.3, -0.25) is 0 Å². The number of nitrogens with two attached hydrogens (primary N) is 1. The molecule has 86 valence electrons. The highest BCUT2D eigenvalue weighted by Crippen LogP contribution is 2.35. The molecule has 0 fully saturated rings. The van der Waals surface area contributed by atoms with Gasteiger partial charge in [0.1, 0.15) is 5.75 Å². The lowest BCUT2D eigenvalue weighted by atomic mass is 10.2. The number of benzene rings is 1. The highest BCUT2D eigenvalue weighted by molar-refractivity contribution is 7.80. The Morgan fingerprint density at radius 2 is 2.25 bits per heavy atom. The van der Waals surface area contributed by atoms with Gasteiger partial charge in [-0.1, -0.05) is 19.1 Å². The van der Waals surface area contributed by atoms with Crippen LogP contribution in [0.15, 0.2) is 18.2 Å². The molecule has 5 heteroatoms. The standard InChI is InChI=1S/C11H13NO3S/c1-7(11(12)16)5-13-8-2-3-9-10(4-8)15-6-14-9/h2-4,7H,5-6H2,1H3,(H2,12,16). The summed E-state index contributed by atoms with van der Waals surface area (Å²) in [5.41, 5.74) is 5.50. The zero-order chi connectivity index (χ0) is 11.5. The van der Waals surface area contributed by atoms with Crippen molar-refractivity contribution in [2.45, 2.75) is 6.92 Å². The van der Waals surface area contributed by atoms with Crippen LogP contribution in [0.2, 0.25) is 0 Å². The topological polar surface area (TPSA) is 53.7 Å². The van der Waals surface area contributed by atoms with Crippen LogP contribution in [-0.2, 0) is 0 Å². The Bertz CT molecular complexity index is 408. The van der Waals surface area contributed by atoms with Crippen molar-refractivity contribution in [2.75, 3.05) is 13.4 Å². The fourth-order valence-corrected chi connectivity index (χ4v) is 1.34. The third-order valence-electron chi connectivity index (χ3n) is 2.33. The molecule has 0 radical (unpaired) electrons. The summed E-state index contributed by atoms with van der Waals surface area (Å²) < 4.78 is 16.0. The predicted molar refractivity (Wildman–Crippen MR) is 64.0 cm³/mol. The van der Waals surface area contributed by atoms with Crippen LogP contribution >= 0.6 is 12.2 Å². The summed E-state index contributed by atoms with van der Waals surface area (Å²) >= 11 is 4.87. The Balaban J connectivity index is 1.98. The van der Waals surface area contributed by atoms with E-state index in [9.17, 15) is 0 Å². The predicted octanol–water partition coefficient (Wildman–Crippen LogP) is 1.72. The largest absolute Gasteiger partial charge is 0.493 e. The van der Waals surface area contributed by atoms with Gasteiger partial charge in [0.15, 0.2) is 11.5 Å². The molecule has 0 aliphatic carbocycles. The van der Waals surface area contributed by atoms with Gasteiger partial charge in [0, 0.05) is 12.0 Å². The van der Waals surface area contributed by atoms with Crippen LogP contribution in [0.4, 0.5) is 0 Å². The van der Waals surface area contributed by atoms with Crippen LogP contribution in [0, 0.1) is 5.92 Å². The van der Waals surface area contributed by atoms with E-state index in [0.717, 1.165) is 11.5 Å². The smallest absolute Gasteiger partial charge is 0.231 e. The molecule has 0 saturated heterocycles. The number of rotatable bonds is 4. The summed E-state index contributed by atoms with van der Waals surface area (Å²) in [6, 6.07) is 5.46. The lowest BCUT2D eigenvalue weighted by molar-refractivity contribution is 0.173. The normalized spacial score (nSPS) is 14.6. The van der Waals surface area contributed by atoms with Gasteiger partial charge in [0.2, 0.25) is 6.79 Å². The monoisotopic (exact) mass is 239 g/mol. The van der Waals surface area contributed by atoms with Crippen molar-refractivity contribution in [1.82, 2.24) is 0 Å². The maximum atomic E-state index is 5.55. The molecule has 0 amide bonds. The Kier molecular flexibility index (Phi) is 3.14. The van der Waals surface area contributed by atoms with Crippen LogP contribution < -0.4 is 19.9 Å². The maximum absolute atomic E-state index is 5.55. The van der Waals surface area contributed by atoms with E-state index >= 15 is 0 Å². The van der Waals surface area contributed by atoms with Crippen molar-refractivity contribution in [3.8, 4) is 17.2 Å². The molecule has 4 nitrogen and oxygen atoms in total. The highest BCUT2D eigenvalue weighted by Gasteiger charge is 2.14. The molecule has 16 heavy (non-hydrogen) atoms. The molecule has 2 rings (SSSR count). The molecule has 1 aromatic carbocycles. The van der Waals surface area contributed by atoms with E-state index in [1.807, 2.05) is 19.1 Å². The summed E-state index contributed by atoms with van der Waals surface area (Å²) in [5.74, 6) is 2.24. The minimum Gasteiger partial charge on any atom is -0.493 e. The van der Waals surface area contributed by atoms with E-state index in [1.165, 1.54) is 0 Å². The van der Waals surface area contributed by atoms with Crippen LogP contribution in [0.25, 0.3) is 0 Å². The number of hydrogen-bond donors (Lipinski definition) is 1. The molecular formula is C11H13NO3S. The first-order valence-corrected chi connectivity index (χ1v) is 5.39. The van der Waals surface area contributed by atoms with Crippen molar-refractivity contribution in [2.24, 2.45) is 11.7 Å². The van der Waals surface area contributed by atoms with Gasteiger partial charge in [0.25, 0.3) is 0 Å². The first-order valence-electron chi connectivity index (χ1n) is 4.98. The molecular weight excluding hydrogens is 226 g/mol. The van der Waals surface area contributed by atoms with E-state index in [0.29, 0.717) is 17.3 Å². The first kappa shape index (κ1) is 11.0. The molecule has 1 aliphatic heterocycles. The Labute approximate surface area is 99.3 Å². The van der Waals surface area contributed by atoms with E-state index in [-0.39, 0.29) is 12.7 Å². The summed E-state index contributed by atoms with van der Waals surface area (Å²) in [5, 5.41) is 0. The lowest BCUT2D eigenvalue weighted by Crippen LogP contribution is -2.23. The Hall–Kier alpha value is -1.49. The van der Waals surface area contributed by atoms with Crippen LogP contribution in [0.5, 0.6) is 17.2 Å². The van der Waals surface area contributed by atoms with Crippen LogP contribution in [0.1, 0.15) is 6.92 Å². The summed E-state index contributed by atoms with van der Waals surface area (Å²) in [6.07, 6.45) is 0. The van der Waals surface area contributed by atoms with Gasteiger partial charge >= 0.3 is 0 Å². The number of ether oxygens (including phenoxy) is 3. The van der Waals surface area contributed by atoms with Gasteiger partial charge < -0.3 is 19.9 Å². The van der Waals surface area contributed by atoms with Crippen molar-refractivity contribution in [1.29, 1.82) is 0 Å². The second-order valence-corrected chi connectivity index (χ2v) is 4.10. The van der Waals surface area contributed by atoms with E-state index < -0.39 is 0 Å². The number of fused-ring (bicyclic) bond motifs is 1. The van der Waals surface area contributed by atoms with Gasteiger partial charge in [0.05, 0.1) is 11.6 Å². The quantitative estimate of drug-likeness (QED) is 0.811. The zero-order valence-corrected chi connectivity index (χ0v) is 9.75. The third-order valence-corrected chi connectivity index (χ3v) is 2.73. The minimum atomic E-state index is 0.0559. The van der Waals surface area contributed by atoms with Gasteiger partial charge in [-0.15, -0.1) is 0 Å². The zero-order valence-electron chi connectivity index (χ0n) is 8.93. The fraction of sp³-hybridized carbons (Fsp3) is 0.364. The molecule has 2 N–H and O–H groups in total. The molecule has 1 aliphatic rings. The highest BCUT2D eigenvalue weighted by atomic mass is 32.1. The lowest BCUT2D eigenvalue weighted by Gasteiger charge is -2.11. The molecule has 1 atom stereocenters. The van der Waals surface area contributed by atoms with Crippen molar-refractivity contribution < 1.29 is 14.2 Å². The summed E-state index contributed by atoms with van der Waals surface area (Å²) in [6.45, 7) is 2.66. The average molecular weight is 239 g/mol. The van der Waals surface area contributed by atoms with Crippen molar-refractivity contribution in [3.05, 3.63) is 18.2 Å². The Morgan fingerprint density at radius 3 is 3.00 bits per heavy atom. The van der Waals surface area contributed by atoms with Gasteiger partial charge in [-0.25, -0.2) is 0 Å². The van der Waals surface area contributed by atoms with Crippen LogP contribution in [0.3, 0.4) is 0 Å². The molecule has 1 aromatic rings. The van der Waals surface area contributed by atoms with Gasteiger partial charge in [-0.05, 0) is 12.1 Å². The molecule has 1 heterocycles. The van der Waals surface area contributed by atoms with E-state index in [1.54, 1.807) is 6.07 Å². The first-order chi connectivity index (χ1) is 7.66. The molecule has 0 spiro atoms.